The van der Waals surface area contributed by atoms with Crippen molar-refractivity contribution < 1.29 is 4.21 Å². The Morgan fingerprint density at radius 1 is 1.12 bits per heavy atom. The second kappa shape index (κ2) is 4.91. The molecule has 1 heterocycles. The molecule has 1 fully saturated rings. The first-order valence-electron chi connectivity index (χ1n) is 6.52. The summed E-state index contributed by atoms with van der Waals surface area (Å²) in [6.07, 6.45) is 4.57. The van der Waals surface area contributed by atoms with Gasteiger partial charge in [-0.25, -0.2) is 0 Å². The predicted molar refractivity (Wildman–Crippen MR) is 71.5 cm³/mol. The van der Waals surface area contributed by atoms with Gasteiger partial charge in [0.2, 0.25) is 0 Å². The summed E-state index contributed by atoms with van der Waals surface area (Å²) < 4.78 is 11.3. The normalized spacial score (nSPS) is 32.4. The number of benzene rings is 1. The van der Waals surface area contributed by atoms with Crippen LogP contribution in [0, 0.1) is 0 Å². The molecule has 1 N–H and O–H groups in total. The minimum atomic E-state index is -0.549. The van der Waals surface area contributed by atoms with Gasteiger partial charge in [-0.3, -0.25) is 4.21 Å². The quantitative estimate of drug-likeness (QED) is 0.870. The zero-order chi connectivity index (χ0) is 11.7. The third-order valence-electron chi connectivity index (χ3n) is 3.96. The second-order valence-corrected chi connectivity index (χ2v) is 6.78. The lowest BCUT2D eigenvalue weighted by atomic mass is 10.1. The van der Waals surface area contributed by atoms with Crippen molar-refractivity contribution in [2.75, 3.05) is 11.5 Å². The Bertz CT molecular complexity index is 422. The van der Waals surface area contributed by atoms with Crippen LogP contribution in [0.4, 0.5) is 0 Å². The van der Waals surface area contributed by atoms with Crippen LogP contribution in [0.1, 0.15) is 36.4 Å². The van der Waals surface area contributed by atoms with E-state index in [0.29, 0.717) is 12.1 Å². The van der Waals surface area contributed by atoms with Gasteiger partial charge < -0.3 is 5.32 Å². The van der Waals surface area contributed by atoms with Gasteiger partial charge in [0.1, 0.15) is 0 Å². The van der Waals surface area contributed by atoms with Crippen LogP contribution in [0.2, 0.25) is 0 Å². The number of nitrogens with one attached hydrogen (secondary N) is 1. The fourth-order valence-electron chi connectivity index (χ4n) is 2.98. The third-order valence-corrected chi connectivity index (χ3v) is 5.34. The van der Waals surface area contributed by atoms with E-state index in [1.165, 1.54) is 24.0 Å². The Morgan fingerprint density at radius 2 is 1.88 bits per heavy atom. The lowest BCUT2D eigenvalue weighted by molar-refractivity contribution is 0.408. The monoisotopic (exact) mass is 249 g/mol. The van der Waals surface area contributed by atoms with Crippen molar-refractivity contribution in [3.05, 3.63) is 35.4 Å². The van der Waals surface area contributed by atoms with E-state index in [9.17, 15) is 4.21 Å². The Hall–Kier alpha value is -0.670. The van der Waals surface area contributed by atoms with Crippen LogP contribution in [0.15, 0.2) is 24.3 Å². The summed E-state index contributed by atoms with van der Waals surface area (Å²) in [6, 6.07) is 9.86. The molecule has 1 unspecified atom stereocenters. The number of hydrogen-bond donors (Lipinski definition) is 1. The number of hydrogen-bond acceptors (Lipinski definition) is 2. The van der Waals surface area contributed by atoms with E-state index in [0.717, 1.165) is 24.3 Å². The predicted octanol–water partition coefficient (Wildman–Crippen LogP) is 2.17. The average molecular weight is 249 g/mol. The molecular formula is C14H19NOS. The van der Waals surface area contributed by atoms with Gasteiger partial charge >= 0.3 is 0 Å². The van der Waals surface area contributed by atoms with Gasteiger partial charge in [0.25, 0.3) is 0 Å². The summed E-state index contributed by atoms with van der Waals surface area (Å²) in [7, 11) is -0.549. The Kier molecular flexibility index (Phi) is 3.30. The summed E-state index contributed by atoms with van der Waals surface area (Å²) in [4.78, 5) is 0. The van der Waals surface area contributed by atoms with Crippen LogP contribution in [-0.4, -0.2) is 21.8 Å². The molecule has 0 saturated carbocycles. The van der Waals surface area contributed by atoms with E-state index in [4.69, 9.17) is 0 Å². The fraction of sp³-hybridized carbons (Fsp3) is 0.571. The zero-order valence-corrected chi connectivity index (χ0v) is 10.8. The summed E-state index contributed by atoms with van der Waals surface area (Å²) in [6.45, 7) is 0. The average Bonchev–Trinajstić information content (AvgIpc) is 2.76. The maximum atomic E-state index is 11.3. The molecule has 3 heteroatoms. The van der Waals surface area contributed by atoms with Crippen molar-refractivity contribution in [3.63, 3.8) is 0 Å². The third kappa shape index (κ3) is 2.45. The number of rotatable bonds is 2. The molecule has 1 atom stereocenters. The molecule has 1 aliphatic carbocycles. The van der Waals surface area contributed by atoms with Gasteiger partial charge in [0.05, 0.1) is 0 Å². The van der Waals surface area contributed by atoms with Crippen molar-refractivity contribution in [1.82, 2.24) is 5.32 Å². The molecule has 0 amide bonds. The highest BCUT2D eigenvalue weighted by molar-refractivity contribution is 7.85. The lowest BCUT2D eigenvalue weighted by Crippen LogP contribution is -2.37. The molecular weight excluding hydrogens is 230 g/mol. The van der Waals surface area contributed by atoms with Gasteiger partial charge in [-0.2, -0.15) is 0 Å². The first-order valence-corrected chi connectivity index (χ1v) is 8.00. The van der Waals surface area contributed by atoms with Crippen LogP contribution in [0.3, 0.4) is 0 Å². The van der Waals surface area contributed by atoms with Crippen LogP contribution < -0.4 is 5.32 Å². The molecule has 1 aromatic carbocycles. The van der Waals surface area contributed by atoms with E-state index < -0.39 is 10.8 Å². The second-order valence-electron chi connectivity index (χ2n) is 5.08. The molecule has 3 rings (SSSR count). The Balaban J connectivity index is 1.65. The van der Waals surface area contributed by atoms with Crippen LogP contribution in [-0.2, 0) is 17.2 Å². The van der Waals surface area contributed by atoms with E-state index in [1.807, 2.05) is 0 Å². The molecule has 0 bridgehead atoms. The van der Waals surface area contributed by atoms with Gasteiger partial charge in [-0.15, -0.1) is 0 Å². The number of fused-ring (bicyclic) bond motifs is 1. The SMILES string of the molecule is O=S1CCC(NC2CCc3ccccc32)CC1. The largest absolute Gasteiger partial charge is 0.307 e. The molecule has 1 aromatic rings. The standard InChI is InChI=1S/C14H19NOS/c16-17-9-7-12(8-10-17)15-14-6-5-11-3-1-2-4-13(11)14/h1-4,12,14-15H,5-10H2. The van der Waals surface area contributed by atoms with E-state index in [-0.39, 0.29) is 0 Å². The smallest absolute Gasteiger partial charge is 0.0328 e. The first kappa shape index (κ1) is 11.4. The summed E-state index contributed by atoms with van der Waals surface area (Å²) in [5, 5.41) is 3.76. The molecule has 2 nitrogen and oxygen atoms in total. The van der Waals surface area contributed by atoms with Crippen molar-refractivity contribution in [2.24, 2.45) is 0 Å². The molecule has 92 valence electrons. The van der Waals surface area contributed by atoms with Crippen LogP contribution >= 0.6 is 0 Å². The molecule has 1 aliphatic heterocycles. The number of aryl methyl sites for hydroxylation is 1. The minimum Gasteiger partial charge on any atom is -0.307 e. The van der Waals surface area contributed by atoms with E-state index >= 15 is 0 Å². The van der Waals surface area contributed by atoms with Crippen molar-refractivity contribution in [1.29, 1.82) is 0 Å². The minimum absolute atomic E-state index is 0.530. The topological polar surface area (TPSA) is 29.1 Å². The van der Waals surface area contributed by atoms with E-state index in [1.54, 1.807) is 0 Å². The van der Waals surface area contributed by atoms with Gasteiger partial charge in [0, 0.05) is 34.4 Å². The van der Waals surface area contributed by atoms with Gasteiger partial charge in [0.15, 0.2) is 0 Å². The zero-order valence-electron chi connectivity index (χ0n) is 10.0. The fourth-order valence-corrected chi connectivity index (χ4v) is 4.27. The molecule has 1 saturated heterocycles. The van der Waals surface area contributed by atoms with Crippen molar-refractivity contribution in [2.45, 2.75) is 37.8 Å². The van der Waals surface area contributed by atoms with Crippen LogP contribution in [0.25, 0.3) is 0 Å². The van der Waals surface area contributed by atoms with Gasteiger partial charge in [-0.05, 0) is 36.8 Å². The maximum Gasteiger partial charge on any atom is 0.0328 e. The van der Waals surface area contributed by atoms with Gasteiger partial charge in [-0.1, -0.05) is 24.3 Å². The Labute approximate surface area is 105 Å². The molecule has 0 aromatic heterocycles. The molecule has 0 radical (unpaired) electrons. The maximum absolute atomic E-state index is 11.3. The molecule has 2 aliphatic rings. The highest BCUT2D eigenvalue weighted by atomic mass is 32.2. The molecule has 0 spiro atoms. The summed E-state index contributed by atoms with van der Waals surface area (Å²) in [5.41, 5.74) is 2.99. The lowest BCUT2D eigenvalue weighted by Gasteiger charge is -2.26. The Morgan fingerprint density at radius 3 is 2.71 bits per heavy atom. The summed E-state index contributed by atoms with van der Waals surface area (Å²) >= 11 is 0. The van der Waals surface area contributed by atoms with Crippen LogP contribution in [0.5, 0.6) is 0 Å². The molecule has 17 heavy (non-hydrogen) atoms. The van der Waals surface area contributed by atoms with Crippen molar-refractivity contribution in [3.8, 4) is 0 Å². The highest BCUT2D eigenvalue weighted by Gasteiger charge is 2.26. The first-order chi connectivity index (χ1) is 8.33. The highest BCUT2D eigenvalue weighted by Crippen LogP contribution is 2.31. The van der Waals surface area contributed by atoms with E-state index in [2.05, 4.69) is 29.6 Å². The van der Waals surface area contributed by atoms with Crippen molar-refractivity contribution >= 4 is 10.8 Å². The summed E-state index contributed by atoms with van der Waals surface area (Å²) in [5.74, 6) is 1.76.